The third kappa shape index (κ3) is 3.45. The number of carbonyl (C=O) groups excluding carboxylic acids is 1. The van der Waals surface area contributed by atoms with Crippen LogP contribution >= 0.6 is 38.5 Å². The molecule has 0 saturated heterocycles. The molecule has 1 aromatic rings. The zero-order chi connectivity index (χ0) is 13.2. The van der Waals surface area contributed by atoms with Gasteiger partial charge in [-0.3, -0.25) is 4.79 Å². The maximum Gasteiger partial charge on any atom is 0.252 e. The fraction of sp³-hybridized carbons (Fsp3) is 0.462. The number of aliphatic hydroxyl groups excluding tert-OH is 1. The smallest absolute Gasteiger partial charge is 0.252 e. The van der Waals surface area contributed by atoms with E-state index in [0.29, 0.717) is 12.1 Å². The molecule has 1 amide bonds. The zero-order valence-electron chi connectivity index (χ0n) is 9.88. The Morgan fingerprint density at radius 3 is 2.83 bits per heavy atom. The van der Waals surface area contributed by atoms with E-state index in [9.17, 15) is 4.79 Å². The number of rotatable bonds is 5. The molecule has 3 nitrogen and oxygen atoms in total. The lowest BCUT2D eigenvalue weighted by molar-refractivity contribution is 0.0940. The summed E-state index contributed by atoms with van der Waals surface area (Å²) in [6.45, 7) is 0.860. The van der Waals surface area contributed by atoms with Gasteiger partial charge in [-0.15, -0.1) is 0 Å². The fourth-order valence-corrected chi connectivity index (χ4v) is 2.91. The van der Waals surface area contributed by atoms with Gasteiger partial charge in [0.25, 0.3) is 5.91 Å². The van der Waals surface area contributed by atoms with Crippen LogP contribution in [0.1, 0.15) is 29.6 Å². The second-order valence-corrected chi connectivity index (χ2v) is 6.86. The topological polar surface area (TPSA) is 49.3 Å². The molecule has 1 saturated carbocycles. The summed E-state index contributed by atoms with van der Waals surface area (Å²) >= 11 is 5.54. The summed E-state index contributed by atoms with van der Waals surface area (Å²) in [4.78, 5) is 12.1. The Kier molecular flexibility index (Phi) is 4.66. The first-order chi connectivity index (χ1) is 8.56. The molecule has 2 N–H and O–H groups in total. The number of nitrogens with one attached hydrogen (secondary N) is 1. The van der Waals surface area contributed by atoms with Crippen LogP contribution in [0.15, 0.2) is 22.7 Å². The lowest BCUT2D eigenvalue weighted by Crippen LogP contribution is -2.31. The highest BCUT2D eigenvalue weighted by molar-refractivity contribution is 14.1. The molecular formula is C13H15BrINO2. The van der Waals surface area contributed by atoms with Crippen LogP contribution in [-0.4, -0.2) is 24.2 Å². The Morgan fingerprint density at radius 1 is 1.50 bits per heavy atom. The van der Waals surface area contributed by atoms with Gasteiger partial charge in [0.05, 0.1) is 5.56 Å². The van der Waals surface area contributed by atoms with Crippen LogP contribution in [0.5, 0.6) is 0 Å². The van der Waals surface area contributed by atoms with Crippen molar-refractivity contribution in [3.05, 3.63) is 31.8 Å². The molecule has 0 spiro atoms. The highest BCUT2D eigenvalue weighted by Crippen LogP contribution is 2.47. The van der Waals surface area contributed by atoms with Gasteiger partial charge >= 0.3 is 0 Å². The van der Waals surface area contributed by atoms with Crippen LogP contribution in [0, 0.1) is 8.99 Å². The van der Waals surface area contributed by atoms with E-state index in [0.717, 1.165) is 27.3 Å². The van der Waals surface area contributed by atoms with Crippen molar-refractivity contribution in [2.24, 2.45) is 5.41 Å². The predicted octanol–water partition coefficient (Wildman–Crippen LogP) is 2.95. The van der Waals surface area contributed by atoms with E-state index in [1.807, 2.05) is 18.2 Å². The van der Waals surface area contributed by atoms with Crippen molar-refractivity contribution in [1.82, 2.24) is 5.32 Å². The van der Waals surface area contributed by atoms with Crippen molar-refractivity contribution in [2.75, 3.05) is 13.2 Å². The molecule has 1 fully saturated rings. The average Bonchev–Trinajstić information content (AvgIpc) is 3.10. The van der Waals surface area contributed by atoms with Gasteiger partial charge in [0.15, 0.2) is 0 Å². The first-order valence-electron chi connectivity index (χ1n) is 5.90. The number of carbonyl (C=O) groups is 1. The molecule has 0 aliphatic heterocycles. The molecule has 0 atom stereocenters. The Bertz CT molecular complexity index is 460. The molecule has 18 heavy (non-hydrogen) atoms. The lowest BCUT2D eigenvalue weighted by Gasteiger charge is -2.15. The second kappa shape index (κ2) is 5.88. The minimum Gasteiger partial charge on any atom is -0.396 e. The fourth-order valence-electron chi connectivity index (χ4n) is 1.96. The standard InChI is InChI=1S/C13H15BrINO2/c14-9-1-2-11(15)10(7-9)12(18)16-8-13(3-4-13)5-6-17/h1-2,7,17H,3-6,8H2,(H,16,18). The van der Waals surface area contributed by atoms with Gasteiger partial charge in [0.2, 0.25) is 0 Å². The molecule has 5 heteroatoms. The SMILES string of the molecule is O=C(NCC1(CCO)CC1)c1cc(Br)ccc1I. The quantitative estimate of drug-likeness (QED) is 0.715. The summed E-state index contributed by atoms with van der Waals surface area (Å²) in [6, 6.07) is 5.68. The van der Waals surface area contributed by atoms with E-state index in [1.54, 1.807) is 0 Å². The normalized spacial score (nSPS) is 16.4. The van der Waals surface area contributed by atoms with Crippen LogP contribution in [-0.2, 0) is 0 Å². The minimum absolute atomic E-state index is 0.0371. The largest absolute Gasteiger partial charge is 0.396 e. The number of benzene rings is 1. The van der Waals surface area contributed by atoms with Gasteiger partial charge < -0.3 is 10.4 Å². The predicted molar refractivity (Wildman–Crippen MR) is 82.6 cm³/mol. The molecule has 0 radical (unpaired) electrons. The first-order valence-corrected chi connectivity index (χ1v) is 7.78. The van der Waals surface area contributed by atoms with Crippen LogP contribution < -0.4 is 5.32 Å². The van der Waals surface area contributed by atoms with E-state index in [1.165, 1.54) is 0 Å². The highest BCUT2D eigenvalue weighted by Gasteiger charge is 2.41. The van der Waals surface area contributed by atoms with Crippen molar-refractivity contribution in [1.29, 1.82) is 0 Å². The number of amides is 1. The van der Waals surface area contributed by atoms with Gasteiger partial charge in [-0.05, 0) is 65.5 Å². The van der Waals surface area contributed by atoms with Crippen molar-refractivity contribution in [3.8, 4) is 0 Å². The summed E-state index contributed by atoms with van der Waals surface area (Å²) < 4.78 is 1.85. The monoisotopic (exact) mass is 423 g/mol. The summed E-state index contributed by atoms with van der Waals surface area (Å²) in [5, 5.41) is 12.0. The molecule has 0 unspecified atom stereocenters. The zero-order valence-corrected chi connectivity index (χ0v) is 13.6. The number of halogens is 2. The number of hydrogen-bond donors (Lipinski definition) is 2. The van der Waals surface area contributed by atoms with Gasteiger partial charge in [-0.1, -0.05) is 15.9 Å². The lowest BCUT2D eigenvalue weighted by atomic mass is 10.0. The molecule has 1 aliphatic rings. The third-order valence-corrected chi connectivity index (χ3v) is 4.83. The van der Waals surface area contributed by atoms with Crippen LogP contribution in [0.3, 0.4) is 0 Å². The Hall–Kier alpha value is -0.140. The van der Waals surface area contributed by atoms with Crippen LogP contribution in [0.4, 0.5) is 0 Å². The molecule has 2 rings (SSSR count). The molecule has 1 aliphatic carbocycles. The molecule has 1 aromatic carbocycles. The van der Waals surface area contributed by atoms with E-state index < -0.39 is 0 Å². The van der Waals surface area contributed by atoms with Crippen molar-refractivity contribution in [2.45, 2.75) is 19.3 Å². The highest BCUT2D eigenvalue weighted by atomic mass is 127. The van der Waals surface area contributed by atoms with Crippen molar-refractivity contribution >= 4 is 44.4 Å². The molecular weight excluding hydrogens is 409 g/mol. The van der Waals surface area contributed by atoms with E-state index in [4.69, 9.17) is 5.11 Å². The molecule has 0 aromatic heterocycles. The van der Waals surface area contributed by atoms with E-state index >= 15 is 0 Å². The Labute approximate surface area is 129 Å². The van der Waals surface area contributed by atoms with Gasteiger partial charge in [0, 0.05) is 21.2 Å². The van der Waals surface area contributed by atoms with Crippen molar-refractivity contribution < 1.29 is 9.90 Å². The molecule has 98 valence electrons. The van der Waals surface area contributed by atoms with Gasteiger partial charge in [-0.2, -0.15) is 0 Å². The van der Waals surface area contributed by atoms with Gasteiger partial charge in [0.1, 0.15) is 0 Å². The summed E-state index contributed by atoms with van der Waals surface area (Å²) in [7, 11) is 0. The minimum atomic E-state index is -0.0371. The Morgan fingerprint density at radius 2 is 2.22 bits per heavy atom. The van der Waals surface area contributed by atoms with E-state index in [-0.39, 0.29) is 17.9 Å². The summed E-state index contributed by atoms with van der Waals surface area (Å²) in [5.74, 6) is -0.0371. The maximum atomic E-state index is 12.1. The third-order valence-electron chi connectivity index (χ3n) is 3.40. The van der Waals surface area contributed by atoms with E-state index in [2.05, 4.69) is 43.8 Å². The molecule has 0 heterocycles. The summed E-state index contributed by atoms with van der Waals surface area (Å²) in [5.41, 5.74) is 0.853. The number of hydrogen-bond acceptors (Lipinski definition) is 2. The first kappa shape index (κ1) is 14.3. The number of aliphatic hydroxyl groups is 1. The van der Waals surface area contributed by atoms with Gasteiger partial charge in [-0.25, -0.2) is 0 Å². The van der Waals surface area contributed by atoms with Crippen LogP contribution in [0.2, 0.25) is 0 Å². The van der Waals surface area contributed by atoms with Crippen LogP contribution in [0.25, 0.3) is 0 Å². The maximum absolute atomic E-state index is 12.1. The Balaban J connectivity index is 1.98. The average molecular weight is 424 g/mol. The summed E-state index contributed by atoms with van der Waals surface area (Å²) in [6.07, 6.45) is 2.98. The second-order valence-electron chi connectivity index (χ2n) is 4.78. The van der Waals surface area contributed by atoms with Crippen molar-refractivity contribution in [3.63, 3.8) is 0 Å². The molecule has 0 bridgehead atoms.